The Morgan fingerprint density at radius 2 is 1.93 bits per heavy atom. The maximum Gasteiger partial charge on any atom is 0.166 e. The van der Waals surface area contributed by atoms with Crippen molar-refractivity contribution in [2.45, 2.75) is 6.42 Å². The van der Waals surface area contributed by atoms with Crippen LogP contribution in [0.4, 0.5) is 5.69 Å². The number of phenolic OH excluding ortho intramolecular Hbond substituents is 1. The average molecular weight is 253 g/mol. The predicted octanol–water partition coefficient (Wildman–Crippen LogP) is 1.35. The lowest BCUT2D eigenvalue weighted by Gasteiger charge is -2.04. The van der Waals surface area contributed by atoms with E-state index in [1.165, 1.54) is 6.07 Å². The summed E-state index contributed by atoms with van der Waals surface area (Å²) in [6.07, 6.45) is 0.244. The van der Waals surface area contributed by atoms with Gasteiger partial charge < -0.3 is 16.6 Å². The van der Waals surface area contributed by atoms with Crippen LogP contribution in [0.5, 0.6) is 5.75 Å². The first-order chi connectivity index (χ1) is 6.16. The lowest BCUT2D eigenvalue weighted by Crippen LogP contribution is -2.10. The molecule has 5 N–H and O–H groups in total. The van der Waals surface area contributed by atoms with E-state index in [9.17, 15) is 9.90 Å². The van der Waals surface area contributed by atoms with Gasteiger partial charge in [0.25, 0.3) is 0 Å². The molecule has 0 atom stereocenters. The molecule has 0 spiro atoms. The summed E-state index contributed by atoms with van der Waals surface area (Å²) in [5.74, 6) is -0.209. The highest BCUT2D eigenvalue weighted by Crippen LogP contribution is 2.24. The Hall–Kier alpha value is -0.970. The molecule has 0 aliphatic carbocycles. The molecule has 0 saturated heterocycles. The molecule has 0 aliphatic rings. The zero-order valence-electron chi connectivity index (χ0n) is 7.97. The number of benzene rings is 1. The van der Waals surface area contributed by atoms with Crippen LogP contribution in [0.15, 0.2) is 18.2 Å². The van der Waals surface area contributed by atoms with Crippen molar-refractivity contribution in [3.8, 4) is 5.75 Å². The van der Waals surface area contributed by atoms with Gasteiger partial charge in [0, 0.05) is 12.0 Å². The van der Waals surface area contributed by atoms with E-state index < -0.39 is 0 Å². The van der Waals surface area contributed by atoms with E-state index in [2.05, 4.69) is 0 Å². The molecule has 0 aromatic heterocycles. The Balaban J connectivity index is 0. The second-order valence-electron chi connectivity index (χ2n) is 2.70. The van der Waals surface area contributed by atoms with Gasteiger partial charge in [-0.05, 0) is 18.7 Å². The van der Waals surface area contributed by atoms with Crippen molar-refractivity contribution in [3.63, 3.8) is 0 Å². The highest BCUT2D eigenvalue weighted by Gasteiger charge is 2.10. The summed E-state index contributed by atoms with van der Waals surface area (Å²) in [6, 6.07) is 4.59. The summed E-state index contributed by atoms with van der Waals surface area (Å²) in [5.41, 5.74) is 11.2. The Morgan fingerprint density at radius 3 is 2.47 bits per heavy atom. The summed E-state index contributed by atoms with van der Waals surface area (Å²) in [4.78, 5) is 11.3. The van der Waals surface area contributed by atoms with Crippen molar-refractivity contribution >= 4 is 36.3 Å². The van der Waals surface area contributed by atoms with Gasteiger partial charge in [-0.25, -0.2) is 0 Å². The van der Waals surface area contributed by atoms with Gasteiger partial charge in [0.05, 0.1) is 5.69 Å². The van der Waals surface area contributed by atoms with Gasteiger partial charge in [0.15, 0.2) is 5.78 Å². The second-order valence-corrected chi connectivity index (χ2v) is 2.70. The van der Waals surface area contributed by atoms with E-state index in [-0.39, 0.29) is 55.0 Å². The Kier molecular flexibility index (Phi) is 8.05. The van der Waals surface area contributed by atoms with E-state index in [1.807, 2.05) is 0 Å². The number of anilines is 1. The van der Waals surface area contributed by atoms with Crippen LogP contribution in [-0.2, 0) is 0 Å². The quantitative estimate of drug-likeness (QED) is 0.431. The molecular weight excluding hydrogens is 239 g/mol. The number of Topliss-reactive ketones (excluding diaryl/α,β-unsaturated/α-hetero) is 1. The summed E-state index contributed by atoms with van der Waals surface area (Å²) < 4.78 is 0. The molecule has 0 unspecified atom stereocenters. The number of hydrogen-bond acceptors (Lipinski definition) is 4. The van der Waals surface area contributed by atoms with Crippen molar-refractivity contribution in [1.82, 2.24) is 0 Å². The van der Waals surface area contributed by atoms with Gasteiger partial charge in [-0.2, -0.15) is 0 Å². The zero-order chi connectivity index (χ0) is 9.84. The molecule has 0 radical (unpaired) electrons. The van der Waals surface area contributed by atoms with Gasteiger partial charge >= 0.3 is 0 Å². The number of halogens is 2. The molecule has 0 saturated carbocycles. The van der Waals surface area contributed by atoms with Crippen LogP contribution in [-0.4, -0.2) is 17.4 Å². The molecule has 1 aromatic rings. The lowest BCUT2D eigenvalue weighted by molar-refractivity contribution is 0.0986. The number of phenols is 1. The van der Waals surface area contributed by atoms with Gasteiger partial charge in [-0.1, -0.05) is 6.07 Å². The molecule has 0 bridgehead atoms. The second kappa shape index (κ2) is 7.34. The average Bonchev–Trinajstić information content (AvgIpc) is 2.10. The number of nitrogen functional groups attached to an aromatic ring is 1. The normalized spacial score (nSPS) is 8.60. The molecule has 6 heteroatoms. The van der Waals surface area contributed by atoms with Gasteiger partial charge in [-0.15, -0.1) is 24.8 Å². The molecule has 0 amide bonds. The van der Waals surface area contributed by atoms with Crippen LogP contribution in [0.1, 0.15) is 16.8 Å². The molecule has 86 valence electrons. The number of rotatable bonds is 3. The maximum atomic E-state index is 11.3. The van der Waals surface area contributed by atoms with Crippen molar-refractivity contribution in [1.29, 1.82) is 0 Å². The summed E-state index contributed by atoms with van der Waals surface area (Å²) in [7, 11) is 0. The number of nitrogens with two attached hydrogens (primary N) is 2. The van der Waals surface area contributed by atoms with Crippen LogP contribution >= 0.6 is 24.8 Å². The first-order valence-electron chi connectivity index (χ1n) is 3.97. The van der Waals surface area contributed by atoms with E-state index in [0.717, 1.165) is 0 Å². The number of hydrogen-bond donors (Lipinski definition) is 3. The monoisotopic (exact) mass is 252 g/mol. The smallest absolute Gasteiger partial charge is 0.166 e. The lowest BCUT2D eigenvalue weighted by atomic mass is 10.1. The number of carbonyl (C=O) groups excluding carboxylic acids is 1. The molecule has 1 rings (SSSR count). The van der Waals surface area contributed by atoms with Crippen LogP contribution < -0.4 is 11.5 Å². The minimum atomic E-state index is -0.143. The van der Waals surface area contributed by atoms with Gasteiger partial charge in [0.1, 0.15) is 5.75 Å². The fourth-order valence-corrected chi connectivity index (χ4v) is 1.06. The number of aromatic hydroxyl groups is 1. The SMILES string of the molecule is Cl.Cl.NCCC(=O)c1cccc(O)c1N. The Bertz CT molecular complexity index is 332. The highest BCUT2D eigenvalue weighted by atomic mass is 35.5. The van der Waals surface area contributed by atoms with Crippen molar-refractivity contribution in [2.24, 2.45) is 5.73 Å². The van der Waals surface area contributed by atoms with Crippen molar-refractivity contribution < 1.29 is 9.90 Å². The Labute approximate surface area is 100 Å². The zero-order valence-corrected chi connectivity index (χ0v) is 9.61. The Morgan fingerprint density at radius 1 is 1.33 bits per heavy atom. The van der Waals surface area contributed by atoms with E-state index in [0.29, 0.717) is 5.56 Å². The largest absolute Gasteiger partial charge is 0.506 e. The third kappa shape index (κ3) is 3.95. The van der Waals surface area contributed by atoms with Gasteiger partial charge in [-0.3, -0.25) is 4.79 Å². The topological polar surface area (TPSA) is 89.3 Å². The number of carbonyl (C=O) groups is 1. The van der Waals surface area contributed by atoms with Crippen LogP contribution in [0.25, 0.3) is 0 Å². The van der Waals surface area contributed by atoms with Crippen molar-refractivity contribution in [2.75, 3.05) is 12.3 Å². The molecule has 0 fully saturated rings. The summed E-state index contributed by atoms with van der Waals surface area (Å²) in [6.45, 7) is 0.286. The first-order valence-corrected chi connectivity index (χ1v) is 3.97. The van der Waals surface area contributed by atoms with E-state index in [4.69, 9.17) is 11.5 Å². The molecule has 0 aliphatic heterocycles. The summed E-state index contributed by atoms with van der Waals surface area (Å²) in [5, 5.41) is 9.21. The fourth-order valence-electron chi connectivity index (χ4n) is 1.06. The molecular formula is C9H14Cl2N2O2. The third-order valence-corrected chi connectivity index (χ3v) is 1.75. The van der Waals surface area contributed by atoms with Crippen LogP contribution in [0.2, 0.25) is 0 Å². The minimum absolute atomic E-state index is 0. The third-order valence-electron chi connectivity index (χ3n) is 1.75. The summed E-state index contributed by atoms with van der Waals surface area (Å²) >= 11 is 0. The van der Waals surface area contributed by atoms with Crippen LogP contribution in [0, 0.1) is 0 Å². The van der Waals surface area contributed by atoms with Gasteiger partial charge in [0.2, 0.25) is 0 Å². The van der Waals surface area contributed by atoms with E-state index in [1.54, 1.807) is 12.1 Å². The van der Waals surface area contributed by atoms with Crippen LogP contribution in [0.3, 0.4) is 0 Å². The predicted molar refractivity (Wildman–Crippen MR) is 65.0 cm³/mol. The minimum Gasteiger partial charge on any atom is -0.506 e. The molecule has 1 aromatic carbocycles. The molecule has 15 heavy (non-hydrogen) atoms. The highest BCUT2D eigenvalue weighted by molar-refractivity contribution is 6.01. The fraction of sp³-hybridized carbons (Fsp3) is 0.222. The van der Waals surface area contributed by atoms with E-state index >= 15 is 0 Å². The first kappa shape index (κ1) is 16.5. The molecule has 4 nitrogen and oxygen atoms in total. The molecule has 0 heterocycles. The number of para-hydroxylation sites is 1. The standard InChI is InChI=1S/C9H12N2O2.2ClH/c10-5-4-7(12)6-2-1-3-8(13)9(6)11;;/h1-3,13H,4-5,10-11H2;2*1H. The maximum absolute atomic E-state index is 11.3. The van der Waals surface area contributed by atoms with Crippen molar-refractivity contribution in [3.05, 3.63) is 23.8 Å². The number of ketones is 1.